The number of hydrogen-bond donors (Lipinski definition) is 6. The maximum absolute atomic E-state index is 10.9. The third kappa shape index (κ3) is 5.26. The van der Waals surface area contributed by atoms with Crippen LogP contribution >= 0.6 is 11.8 Å². The minimum Gasteiger partial charge on any atom is -0.394 e. The summed E-state index contributed by atoms with van der Waals surface area (Å²) in [5.41, 5.74) is 0.352. The molecule has 1 saturated heterocycles. The third-order valence-electron chi connectivity index (χ3n) is 4.35. The number of H-pyrrole nitrogens is 1. The van der Waals surface area contributed by atoms with Crippen LogP contribution in [0.1, 0.15) is 5.56 Å². The molecule has 1 aromatic carbocycles. The van der Waals surface area contributed by atoms with E-state index < -0.39 is 46.9 Å². The molecule has 0 aliphatic carbocycles. The van der Waals surface area contributed by atoms with Crippen LogP contribution in [0.25, 0.3) is 10.9 Å². The van der Waals surface area contributed by atoms with E-state index >= 15 is 0 Å². The van der Waals surface area contributed by atoms with Crippen molar-refractivity contribution in [3.8, 4) is 0 Å². The minimum atomic E-state index is -4.87. The summed E-state index contributed by atoms with van der Waals surface area (Å²) in [7, 11) is -4.87. The number of ether oxygens (including phenoxy) is 1. The van der Waals surface area contributed by atoms with E-state index in [4.69, 9.17) is 9.29 Å². The van der Waals surface area contributed by atoms with E-state index in [1.165, 1.54) is 0 Å². The highest BCUT2D eigenvalue weighted by molar-refractivity contribution is 8.14. The van der Waals surface area contributed by atoms with Crippen molar-refractivity contribution in [3.05, 3.63) is 36.0 Å². The van der Waals surface area contributed by atoms with E-state index in [2.05, 4.69) is 14.4 Å². The maximum Gasteiger partial charge on any atom is 0.466 e. The van der Waals surface area contributed by atoms with Gasteiger partial charge < -0.3 is 30.1 Å². The summed E-state index contributed by atoms with van der Waals surface area (Å²) in [6.45, 7) is -0.613. The summed E-state index contributed by atoms with van der Waals surface area (Å²) in [5, 5.41) is 43.5. The van der Waals surface area contributed by atoms with Crippen molar-refractivity contribution in [2.24, 2.45) is 5.16 Å². The van der Waals surface area contributed by atoms with Gasteiger partial charge in [-0.25, -0.2) is 4.28 Å². The van der Waals surface area contributed by atoms with Gasteiger partial charge in [-0.05, 0) is 11.6 Å². The lowest BCUT2D eigenvalue weighted by atomic mass is 10.0. The zero-order valence-corrected chi connectivity index (χ0v) is 16.5. The van der Waals surface area contributed by atoms with E-state index in [9.17, 15) is 28.8 Å². The number of aliphatic hydroxyl groups is 4. The topological polar surface area (TPSA) is 182 Å². The number of benzene rings is 1. The maximum atomic E-state index is 10.9. The van der Waals surface area contributed by atoms with E-state index in [0.717, 1.165) is 28.2 Å². The molecule has 1 aliphatic rings. The molecule has 0 spiro atoms. The standard InChI is InChI=1S/C16H20N2O9S2/c19-7-11-13(20)14(21)15(22)16(26-11)28-12(18-27-29(23,24)25)5-8-6-17-10-4-2-1-3-9(8)10/h1-4,6,11,13-17,19-22H,5,7H2,(H,23,24,25)/b18-12-. The minimum absolute atomic E-state index is 0.00305. The first-order chi connectivity index (χ1) is 13.7. The number of fused-ring (bicyclic) bond motifs is 1. The number of aromatic nitrogens is 1. The Morgan fingerprint density at radius 1 is 1.21 bits per heavy atom. The second kappa shape index (κ2) is 8.97. The molecule has 29 heavy (non-hydrogen) atoms. The predicted octanol–water partition coefficient (Wildman–Crippen LogP) is -0.624. The zero-order chi connectivity index (χ0) is 21.2. The van der Waals surface area contributed by atoms with Gasteiger partial charge in [0.25, 0.3) is 0 Å². The first-order valence-corrected chi connectivity index (χ1v) is 10.7. The van der Waals surface area contributed by atoms with Gasteiger partial charge in [0.15, 0.2) is 0 Å². The molecule has 6 N–H and O–H groups in total. The van der Waals surface area contributed by atoms with E-state index in [1.54, 1.807) is 6.20 Å². The molecule has 1 aliphatic heterocycles. The Bertz CT molecular complexity index is 976. The molecule has 0 bridgehead atoms. The normalized spacial score (nSPS) is 28.6. The summed E-state index contributed by atoms with van der Waals surface area (Å²) in [5.74, 6) is 0. The number of thioether (sulfide) groups is 1. The first-order valence-electron chi connectivity index (χ1n) is 8.44. The lowest BCUT2D eigenvalue weighted by Gasteiger charge is -2.39. The van der Waals surface area contributed by atoms with Gasteiger partial charge in [-0.1, -0.05) is 35.1 Å². The molecule has 3 rings (SSSR count). The quantitative estimate of drug-likeness (QED) is 0.144. The Morgan fingerprint density at radius 3 is 2.62 bits per heavy atom. The third-order valence-corrected chi connectivity index (χ3v) is 5.73. The molecule has 1 aromatic heterocycles. The Kier molecular flexibility index (Phi) is 6.80. The fraction of sp³-hybridized carbons (Fsp3) is 0.438. The van der Waals surface area contributed by atoms with Crippen molar-refractivity contribution in [1.82, 2.24) is 4.98 Å². The van der Waals surface area contributed by atoms with Crippen LogP contribution in [-0.2, 0) is 25.8 Å². The molecule has 0 amide bonds. The van der Waals surface area contributed by atoms with Gasteiger partial charge in [-0.15, -0.1) is 0 Å². The predicted molar refractivity (Wildman–Crippen MR) is 103 cm³/mol. The highest BCUT2D eigenvalue weighted by atomic mass is 32.3. The number of aliphatic hydroxyl groups excluding tert-OH is 4. The zero-order valence-electron chi connectivity index (χ0n) is 14.8. The van der Waals surface area contributed by atoms with Crippen molar-refractivity contribution >= 4 is 38.1 Å². The average Bonchev–Trinajstić information content (AvgIpc) is 3.08. The van der Waals surface area contributed by atoms with Crippen molar-refractivity contribution in [3.63, 3.8) is 0 Å². The summed E-state index contributed by atoms with van der Waals surface area (Å²) in [6, 6.07) is 7.33. The molecule has 1 fully saturated rings. The number of para-hydroxylation sites is 1. The Labute approximate surface area is 169 Å². The van der Waals surface area contributed by atoms with Gasteiger partial charge in [-0.3, -0.25) is 4.55 Å². The Balaban J connectivity index is 1.85. The van der Waals surface area contributed by atoms with E-state index in [1.807, 2.05) is 24.3 Å². The van der Waals surface area contributed by atoms with E-state index in [-0.39, 0.29) is 11.5 Å². The summed E-state index contributed by atoms with van der Waals surface area (Å²) < 4.78 is 40.2. The van der Waals surface area contributed by atoms with Gasteiger partial charge in [0.05, 0.1) is 6.61 Å². The molecular formula is C16H20N2O9S2. The molecule has 160 valence electrons. The van der Waals surface area contributed by atoms with Crippen molar-refractivity contribution < 1.29 is 42.4 Å². The van der Waals surface area contributed by atoms with Gasteiger partial charge in [0.2, 0.25) is 0 Å². The average molecular weight is 448 g/mol. The highest BCUT2D eigenvalue weighted by Gasteiger charge is 2.44. The molecule has 5 atom stereocenters. The fourth-order valence-corrected chi connectivity index (χ4v) is 4.24. The monoisotopic (exact) mass is 448 g/mol. The van der Waals surface area contributed by atoms with Gasteiger partial charge in [-0.2, -0.15) is 8.42 Å². The van der Waals surface area contributed by atoms with Crippen LogP contribution < -0.4 is 0 Å². The summed E-state index contributed by atoms with van der Waals surface area (Å²) in [4.78, 5) is 3.05. The molecule has 5 unspecified atom stereocenters. The molecule has 13 heteroatoms. The SMILES string of the molecule is O=S(=O)(O)O/N=C(/Cc1c[nH]c2ccccc12)SC1OC(CO)C(O)C(O)C1O. The number of oxime groups is 1. The lowest BCUT2D eigenvalue weighted by Crippen LogP contribution is -2.57. The van der Waals surface area contributed by atoms with Crippen LogP contribution in [0.3, 0.4) is 0 Å². The summed E-state index contributed by atoms with van der Waals surface area (Å²) in [6.07, 6.45) is -4.11. The number of hydrogen-bond acceptors (Lipinski definition) is 10. The summed E-state index contributed by atoms with van der Waals surface area (Å²) >= 11 is 0.727. The van der Waals surface area contributed by atoms with Gasteiger partial charge in [0.1, 0.15) is 34.9 Å². The smallest absolute Gasteiger partial charge is 0.394 e. The number of aromatic amines is 1. The molecule has 11 nitrogen and oxygen atoms in total. The number of nitrogens with one attached hydrogen (secondary N) is 1. The number of nitrogens with zero attached hydrogens (tertiary/aromatic N) is 1. The van der Waals surface area contributed by atoms with Crippen molar-refractivity contribution in [2.75, 3.05) is 6.61 Å². The second-order valence-electron chi connectivity index (χ2n) is 6.34. The molecule has 0 radical (unpaired) electrons. The molecule has 0 saturated carbocycles. The largest absolute Gasteiger partial charge is 0.466 e. The molecule has 2 heterocycles. The Hall–Kier alpha value is -1.71. The molecular weight excluding hydrogens is 428 g/mol. The van der Waals surface area contributed by atoms with Crippen LogP contribution in [0.2, 0.25) is 0 Å². The van der Waals surface area contributed by atoms with Crippen LogP contribution in [0, 0.1) is 0 Å². The first kappa shape index (κ1) is 22.0. The van der Waals surface area contributed by atoms with Gasteiger partial charge >= 0.3 is 10.4 Å². The van der Waals surface area contributed by atoms with Gasteiger partial charge in [0, 0.05) is 23.5 Å². The lowest BCUT2D eigenvalue weighted by molar-refractivity contribution is -0.205. The van der Waals surface area contributed by atoms with Crippen molar-refractivity contribution in [1.29, 1.82) is 0 Å². The van der Waals surface area contributed by atoms with Crippen LogP contribution in [0.4, 0.5) is 0 Å². The van der Waals surface area contributed by atoms with E-state index in [0.29, 0.717) is 0 Å². The molecule has 2 aromatic rings. The van der Waals surface area contributed by atoms with Crippen LogP contribution in [0.5, 0.6) is 0 Å². The van der Waals surface area contributed by atoms with Crippen LogP contribution in [-0.4, -0.2) is 79.9 Å². The van der Waals surface area contributed by atoms with Crippen molar-refractivity contribution in [2.45, 2.75) is 36.3 Å². The second-order valence-corrected chi connectivity index (χ2v) is 8.51. The number of rotatable bonds is 6. The van der Waals surface area contributed by atoms with Crippen LogP contribution in [0.15, 0.2) is 35.6 Å². The Morgan fingerprint density at radius 2 is 1.93 bits per heavy atom. The fourth-order valence-electron chi connectivity index (χ4n) is 2.92. The highest BCUT2D eigenvalue weighted by Crippen LogP contribution is 2.31.